The Hall–Kier alpha value is -2.73. The van der Waals surface area contributed by atoms with Crippen molar-refractivity contribution in [2.24, 2.45) is 0 Å². The average molecular weight is 284 g/mol. The van der Waals surface area contributed by atoms with E-state index in [9.17, 15) is 10.0 Å². The molecular weight excluding hydrogens is 272 g/mol. The maximum Gasteiger partial charge on any atom is 0.281 e. The molecule has 4 rings (SSSR count). The van der Waals surface area contributed by atoms with Gasteiger partial charge >= 0.3 is 0 Å². The molecule has 2 aliphatic rings. The lowest BCUT2D eigenvalue weighted by molar-refractivity contribution is -0.0851. The number of ether oxygens (including phenoxy) is 2. The van der Waals surface area contributed by atoms with Gasteiger partial charge in [-0.15, -0.1) is 0 Å². The Kier molecular flexibility index (Phi) is 2.52. The fraction of sp³-hybridized carbons (Fsp3) is 0.133. The normalized spacial score (nSPS) is 19.2. The van der Waals surface area contributed by atoms with E-state index in [0.717, 1.165) is 0 Å². The van der Waals surface area contributed by atoms with Crippen LogP contribution < -0.4 is 14.8 Å². The molecule has 2 aromatic rings. The summed E-state index contributed by atoms with van der Waals surface area (Å²) in [6.07, 6.45) is -0.665. The Morgan fingerprint density at radius 1 is 1.14 bits per heavy atom. The number of nitrogens with one attached hydrogen (secondary N) is 1. The van der Waals surface area contributed by atoms with Gasteiger partial charge in [-0.2, -0.15) is 5.06 Å². The monoisotopic (exact) mass is 284 g/mol. The van der Waals surface area contributed by atoms with Crippen LogP contribution in [0, 0.1) is 0 Å². The molecule has 0 aliphatic carbocycles. The fourth-order valence-corrected chi connectivity index (χ4v) is 2.55. The molecule has 6 nitrogen and oxygen atoms in total. The number of amides is 1. The molecule has 6 heteroatoms. The number of hydrogen-bond acceptors (Lipinski definition) is 5. The zero-order valence-electron chi connectivity index (χ0n) is 10.9. The van der Waals surface area contributed by atoms with Crippen molar-refractivity contribution in [1.29, 1.82) is 0 Å². The van der Waals surface area contributed by atoms with Crippen LogP contribution in [-0.4, -0.2) is 23.0 Å². The zero-order valence-corrected chi connectivity index (χ0v) is 10.9. The second kappa shape index (κ2) is 4.39. The first-order valence-corrected chi connectivity index (χ1v) is 6.51. The van der Waals surface area contributed by atoms with Crippen molar-refractivity contribution < 1.29 is 19.5 Å². The highest BCUT2D eigenvalue weighted by molar-refractivity contribution is 6.01. The Balaban J connectivity index is 1.75. The summed E-state index contributed by atoms with van der Waals surface area (Å²) in [5.41, 5.74) is 1.84. The smallest absolute Gasteiger partial charge is 0.281 e. The van der Waals surface area contributed by atoms with Crippen LogP contribution in [0.1, 0.15) is 22.1 Å². The predicted octanol–water partition coefficient (Wildman–Crippen LogP) is 2.37. The molecular formula is C15H12N2O4. The van der Waals surface area contributed by atoms with Gasteiger partial charge in [-0.3, -0.25) is 10.0 Å². The summed E-state index contributed by atoms with van der Waals surface area (Å²) < 4.78 is 10.6. The lowest BCUT2D eigenvalue weighted by Crippen LogP contribution is -2.40. The average Bonchev–Trinajstić information content (AvgIpc) is 2.98. The van der Waals surface area contributed by atoms with E-state index in [1.54, 1.807) is 36.4 Å². The third-order valence-electron chi connectivity index (χ3n) is 3.61. The minimum atomic E-state index is -0.665. The molecule has 0 aromatic heterocycles. The first-order valence-electron chi connectivity index (χ1n) is 6.51. The third kappa shape index (κ3) is 1.80. The van der Waals surface area contributed by atoms with Crippen LogP contribution in [0.3, 0.4) is 0 Å². The van der Waals surface area contributed by atoms with Crippen molar-refractivity contribution in [2.45, 2.75) is 6.17 Å². The van der Waals surface area contributed by atoms with Crippen molar-refractivity contribution >= 4 is 11.6 Å². The van der Waals surface area contributed by atoms with E-state index in [4.69, 9.17) is 9.47 Å². The molecule has 106 valence electrons. The van der Waals surface area contributed by atoms with Gasteiger partial charge in [0.15, 0.2) is 17.7 Å². The molecule has 0 saturated carbocycles. The molecule has 2 N–H and O–H groups in total. The highest BCUT2D eigenvalue weighted by Gasteiger charge is 2.32. The first-order chi connectivity index (χ1) is 10.2. The molecule has 2 aromatic carbocycles. The van der Waals surface area contributed by atoms with Gasteiger partial charge in [0, 0.05) is 11.3 Å². The van der Waals surface area contributed by atoms with E-state index in [1.165, 1.54) is 0 Å². The van der Waals surface area contributed by atoms with Gasteiger partial charge in [0.2, 0.25) is 6.79 Å². The van der Waals surface area contributed by atoms with E-state index in [2.05, 4.69) is 5.32 Å². The van der Waals surface area contributed by atoms with E-state index < -0.39 is 12.1 Å². The number of carbonyl (C=O) groups is 1. The number of para-hydroxylation sites is 1. The number of fused-ring (bicyclic) bond motifs is 2. The Morgan fingerprint density at radius 3 is 2.86 bits per heavy atom. The molecule has 0 fully saturated rings. The summed E-state index contributed by atoms with van der Waals surface area (Å²) in [7, 11) is 0. The zero-order chi connectivity index (χ0) is 14.4. The summed E-state index contributed by atoms with van der Waals surface area (Å²) in [6.45, 7) is 0.182. The van der Waals surface area contributed by atoms with Crippen molar-refractivity contribution in [3.63, 3.8) is 0 Å². The van der Waals surface area contributed by atoms with Crippen molar-refractivity contribution in [1.82, 2.24) is 5.06 Å². The van der Waals surface area contributed by atoms with Gasteiger partial charge in [-0.1, -0.05) is 18.2 Å². The minimum absolute atomic E-state index is 0.182. The molecule has 1 amide bonds. The number of anilines is 1. The third-order valence-corrected chi connectivity index (χ3v) is 3.61. The maximum absolute atomic E-state index is 12.2. The molecule has 0 radical (unpaired) electrons. The van der Waals surface area contributed by atoms with Crippen LogP contribution in [0.2, 0.25) is 0 Å². The molecule has 1 atom stereocenters. The maximum atomic E-state index is 12.2. The summed E-state index contributed by atoms with van der Waals surface area (Å²) >= 11 is 0. The second-order valence-electron chi connectivity index (χ2n) is 4.85. The highest BCUT2D eigenvalue weighted by Crippen LogP contribution is 2.37. The molecule has 0 spiro atoms. The number of rotatable bonds is 1. The molecule has 0 bridgehead atoms. The van der Waals surface area contributed by atoms with Gasteiger partial charge in [0.1, 0.15) is 0 Å². The van der Waals surface area contributed by atoms with Gasteiger partial charge in [0.25, 0.3) is 5.91 Å². The summed E-state index contributed by atoms with van der Waals surface area (Å²) in [5.74, 6) is 0.826. The number of hydroxylamine groups is 2. The van der Waals surface area contributed by atoms with Crippen molar-refractivity contribution in [3.8, 4) is 11.5 Å². The predicted molar refractivity (Wildman–Crippen MR) is 73.3 cm³/mol. The topological polar surface area (TPSA) is 71.0 Å². The van der Waals surface area contributed by atoms with Crippen LogP contribution in [-0.2, 0) is 0 Å². The van der Waals surface area contributed by atoms with E-state index in [-0.39, 0.29) is 6.79 Å². The fourth-order valence-electron chi connectivity index (χ4n) is 2.55. The number of carbonyl (C=O) groups excluding carboxylic acids is 1. The van der Waals surface area contributed by atoms with Crippen molar-refractivity contribution in [3.05, 3.63) is 53.6 Å². The quantitative estimate of drug-likeness (QED) is 0.787. The Morgan fingerprint density at radius 2 is 1.95 bits per heavy atom. The van der Waals surface area contributed by atoms with Crippen LogP contribution >= 0.6 is 0 Å². The van der Waals surface area contributed by atoms with Crippen LogP contribution in [0.25, 0.3) is 0 Å². The summed E-state index contributed by atoms with van der Waals surface area (Å²) in [5, 5.41) is 14.0. The molecule has 0 saturated heterocycles. The molecule has 0 unspecified atom stereocenters. The van der Waals surface area contributed by atoms with Gasteiger partial charge in [0.05, 0.1) is 5.56 Å². The minimum Gasteiger partial charge on any atom is -0.454 e. The van der Waals surface area contributed by atoms with Crippen LogP contribution in [0.15, 0.2) is 42.5 Å². The van der Waals surface area contributed by atoms with Gasteiger partial charge in [-0.05, 0) is 24.3 Å². The number of nitrogens with zero attached hydrogens (tertiary/aromatic N) is 1. The van der Waals surface area contributed by atoms with Crippen LogP contribution in [0.4, 0.5) is 5.69 Å². The van der Waals surface area contributed by atoms with Crippen molar-refractivity contribution in [2.75, 3.05) is 12.1 Å². The lowest BCUT2D eigenvalue weighted by Gasteiger charge is -2.33. The summed E-state index contributed by atoms with van der Waals surface area (Å²) in [6, 6.07) is 12.4. The summed E-state index contributed by atoms with van der Waals surface area (Å²) in [4.78, 5) is 12.2. The molecule has 2 heterocycles. The Bertz CT molecular complexity index is 731. The van der Waals surface area contributed by atoms with E-state index in [0.29, 0.717) is 33.4 Å². The van der Waals surface area contributed by atoms with Gasteiger partial charge in [-0.25, -0.2) is 0 Å². The molecule has 2 aliphatic heterocycles. The first kappa shape index (κ1) is 12.0. The standard InChI is InChI=1S/C15H12N2O4/c18-15-10-3-1-2-4-11(10)16-14(17(15)19)9-5-6-12-13(7-9)21-8-20-12/h1-7,14,16,19H,8H2/t14-/m1/s1. The van der Waals surface area contributed by atoms with Crippen LogP contribution in [0.5, 0.6) is 11.5 Å². The second-order valence-corrected chi connectivity index (χ2v) is 4.85. The lowest BCUT2D eigenvalue weighted by atomic mass is 10.0. The largest absolute Gasteiger partial charge is 0.454 e. The highest BCUT2D eigenvalue weighted by atomic mass is 16.7. The van der Waals surface area contributed by atoms with E-state index >= 15 is 0 Å². The van der Waals surface area contributed by atoms with Gasteiger partial charge < -0.3 is 14.8 Å². The van der Waals surface area contributed by atoms with E-state index in [1.807, 2.05) is 6.07 Å². The SMILES string of the molecule is O=C1c2ccccc2N[C@@H](c2ccc3c(c2)OCO3)N1O. The Labute approximate surface area is 120 Å². The number of benzene rings is 2. The molecule has 21 heavy (non-hydrogen) atoms. The number of hydrogen-bond donors (Lipinski definition) is 2.